The van der Waals surface area contributed by atoms with Crippen molar-refractivity contribution in [2.45, 2.75) is 33.3 Å². The van der Waals surface area contributed by atoms with Crippen LogP contribution in [0.1, 0.15) is 54.1 Å². The lowest BCUT2D eigenvalue weighted by atomic mass is 9.99. The van der Waals surface area contributed by atoms with Gasteiger partial charge < -0.3 is 23.7 Å². The van der Waals surface area contributed by atoms with Gasteiger partial charge in [0.15, 0.2) is 18.1 Å². The standard InChI is InChI=1S/C27H29NO8/c1-7-34-26(31)20-14-28-24(19-13-22(33-6)21(32-5)12-18(19)20)25(30)16-9-8-10-17(11-16)35-15-23(29)36-27(2,3)4/h8-14H,7,15H2,1-6H3. The number of pyridine rings is 1. The summed E-state index contributed by atoms with van der Waals surface area (Å²) in [5.74, 6) is -0.431. The molecule has 0 saturated carbocycles. The van der Waals surface area contributed by atoms with Crippen LogP contribution < -0.4 is 14.2 Å². The van der Waals surface area contributed by atoms with Gasteiger partial charge in [0.05, 0.1) is 26.4 Å². The third-order valence-electron chi connectivity index (χ3n) is 4.98. The van der Waals surface area contributed by atoms with Crippen LogP contribution in [0.15, 0.2) is 42.6 Å². The number of carbonyl (C=O) groups excluding carboxylic acids is 3. The maximum Gasteiger partial charge on any atom is 0.344 e. The highest BCUT2D eigenvalue weighted by molar-refractivity contribution is 6.18. The molecule has 1 heterocycles. The third kappa shape index (κ3) is 6.10. The molecule has 0 fully saturated rings. The van der Waals surface area contributed by atoms with E-state index in [1.807, 2.05) is 0 Å². The molecule has 0 aliphatic carbocycles. The zero-order chi connectivity index (χ0) is 26.5. The molecule has 9 heteroatoms. The topological polar surface area (TPSA) is 110 Å². The molecule has 0 amide bonds. The minimum atomic E-state index is -0.634. The molecule has 0 aliphatic rings. The van der Waals surface area contributed by atoms with Gasteiger partial charge in [-0.15, -0.1) is 0 Å². The van der Waals surface area contributed by atoms with E-state index in [2.05, 4.69) is 4.98 Å². The fourth-order valence-corrected chi connectivity index (χ4v) is 3.50. The Morgan fingerprint density at radius 1 is 0.944 bits per heavy atom. The van der Waals surface area contributed by atoms with Crippen LogP contribution in [0.5, 0.6) is 17.2 Å². The average molecular weight is 496 g/mol. The van der Waals surface area contributed by atoms with Gasteiger partial charge in [0.1, 0.15) is 17.0 Å². The lowest BCUT2D eigenvalue weighted by Gasteiger charge is -2.19. The van der Waals surface area contributed by atoms with Crippen molar-refractivity contribution in [1.82, 2.24) is 4.98 Å². The van der Waals surface area contributed by atoms with Crippen molar-refractivity contribution in [3.63, 3.8) is 0 Å². The van der Waals surface area contributed by atoms with E-state index < -0.39 is 23.3 Å². The van der Waals surface area contributed by atoms with E-state index in [1.54, 1.807) is 58.0 Å². The van der Waals surface area contributed by atoms with Gasteiger partial charge in [-0.25, -0.2) is 9.59 Å². The molecule has 190 valence electrons. The summed E-state index contributed by atoms with van der Waals surface area (Å²) >= 11 is 0. The number of carbonyl (C=O) groups is 3. The summed E-state index contributed by atoms with van der Waals surface area (Å²) in [6.45, 7) is 6.87. The molecule has 0 N–H and O–H groups in total. The Hall–Kier alpha value is -4.14. The number of ether oxygens (including phenoxy) is 5. The lowest BCUT2D eigenvalue weighted by Crippen LogP contribution is -2.27. The van der Waals surface area contributed by atoms with Crippen LogP contribution in [0.25, 0.3) is 10.8 Å². The second kappa shape index (κ2) is 11.1. The Morgan fingerprint density at radius 3 is 2.22 bits per heavy atom. The summed E-state index contributed by atoms with van der Waals surface area (Å²) in [5, 5.41) is 0.824. The van der Waals surface area contributed by atoms with Crippen molar-refractivity contribution < 1.29 is 38.1 Å². The van der Waals surface area contributed by atoms with Gasteiger partial charge >= 0.3 is 11.9 Å². The number of ketones is 1. The Bertz CT molecular complexity index is 1290. The summed E-state index contributed by atoms with van der Waals surface area (Å²) in [7, 11) is 2.95. The first-order valence-corrected chi connectivity index (χ1v) is 11.3. The number of hydrogen-bond donors (Lipinski definition) is 0. The molecule has 0 unspecified atom stereocenters. The number of nitrogens with zero attached hydrogens (tertiary/aromatic N) is 1. The highest BCUT2D eigenvalue weighted by atomic mass is 16.6. The summed E-state index contributed by atoms with van der Waals surface area (Å²) < 4.78 is 26.7. The zero-order valence-corrected chi connectivity index (χ0v) is 21.2. The largest absolute Gasteiger partial charge is 0.493 e. The SMILES string of the molecule is CCOC(=O)c1cnc(C(=O)c2cccc(OCC(=O)OC(C)(C)C)c2)c2cc(OC)c(OC)cc12. The highest BCUT2D eigenvalue weighted by Gasteiger charge is 2.23. The quantitative estimate of drug-likeness (QED) is 0.315. The number of esters is 2. The molecule has 0 radical (unpaired) electrons. The van der Waals surface area contributed by atoms with E-state index in [4.69, 9.17) is 23.7 Å². The Labute approximate surface area is 209 Å². The number of rotatable bonds is 9. The van der Waals surface area contributed by atoms with E-state index in [0.717, 1.165) is 0 Å². The van der Waals surface area contributed by atoms with Crippen molar-refractivity contribution in [2.24, 2.45) is 0 Å². The van der Waals surface area contributed by atoms with E-state index in [1.165, 1.54) is 26.5 Å². The summed E-state index contributed by atoms with van der Waals surface area (Å²) in [6, 6.07) is 9.59. The van der Waals surface area contributed by atoms with Crippen LogP contribution in [0.2, 0.25) is 0 Å². The Kier molecular flexibility index (Phi) is 8.14. The van der Waals surface area contributed by atoms with Crippen LogP contribution >= 0.6 is 0 Å². The van der Waals surface area contributed by atoms with Gasteiger partial charge in [-0.05, 0) is 52.0 Å². The summed E-state index contributed by atoms with van der Waals surface area (Å²) in [6.07, 6.45) is 1.31. The number of hydrogen-bond acceptors (Lipinski definition) is 9. The van der Waals surface area contributed by atoms with Crippen LogP contribution in [0.4, 0.5) is 0 Å². The van der Waals surface area contributed by atoms with Crippen molar-refractivity contribution >= 4 is 28.5 Å². The van der Waals surface area contributed by atoms with Gasteiger partial charge in [-0.3, -0.25) is 9.78 Å². The van der Waals surface area contributed by atoms with Crippen LogP contribution in [-0.4, -0.2) is 55.7 Å². The minimum Gasteiger partial charge on any atom is -0.493 e. The highest BCUT2D eigenvalue weighted by Crippen LogP contribution is 2.35. The number of benzene rings is 2. The Morgan fingerprint density at radius 2 is 1.61 bits per heavy atom. The first-order chi connectivity index (χ1) is 17.1. The molecule has 3 rings (SSSR count). The molecule has 0 aliphatic heterocycles. The first-order valence-electron chi connectivity index (χ1n) is 11.3. The van der Waals surface area contributed by atoms with Gasteiger partial charge in [0.25, 0.3) is 0 Å². The first kappa shape index (κ1) is 26.5. The van der Waals surface area contributed by atoms with Crippen molar-refractivity contribution in [3.05, 3.63) is 59.4 Å². The van der Waals surface area contributed by atoms with E-state index in [0.29, 0.717) is 28.0 Å². The molecule has 9 nitrogen and oxygen atoms in total. The summed E-state index contributed by atoms with van der Waals surface area (Å²) in [4.78, 5) is 42.3. The summed E-state index contributed by atoms with van der Waals surface area (Å²) in [5.41, 5.74) is -0.0593. The van der Waals surface area contributed by atoms with Crippen LogP contribution in [-0.2, 0) is 14.3 Å². The fourth-order valence-electron chi connectivity index (χ4n) is 3.50. The average Bonchev–Trinajstić information content (AvgIpc) is 2.84. The number of methoxy groups -OCH3 is 2. The predicted octanol–water partition coefficient (Wildman–Crippen LogP) is 4.38. The predicted molar refractivity (Wildman–Crippen MR) is 132 cm³/mol. The van der Waals surface area contributed by atoms with Gasteiger partial charge in [-0.2, -0.15) is 0 Å². The van der Waals surface area contributed by atoms with Gasteiger partial charge in [0.2, 0.25) is 5.78 Å². The van der Waals surface area contributed by atoms with E-state index >= 15 is 0 Å². The monoisotopic (exact) mass is 495 g/mol. The molecular formula is C27H29NO8. The minimum absolute atomic E-state index is 0.100. The van der Waals surface area contributed by atoms with Crippen molar-refractivity contribution in [2.75, 3.05) is 27.4 Å². The van der Waals surface area contributed by atoms with Crippen molar-refractivity contribution in [3.8, 4) is 17.2 Å². The molecule has 0 spiro atoms. The third-order valence-corrected chi connectivity index (χ3v) is 4.98. The second-order valence-electron chi connectivity index (χ2n) is 8.73. The zero-order valence-electron chi connectivity index (χ0n) is 21.2. The molecule has 0 bridgehead atoms. The molecule has 1 aromatic heterocycles. The Balaban J connectivity index is 2.00. The molecule has 3 aromatic rings. The van der Waals surface area contributed by atoms with E-state index in [-0.39, 0.29) is 30.0 Å². The van der Waals surface area contributed by atoms with Crippen LogP contribution in [0, 0.1) is 0 Å². The number of aromatic nitrogens is 1. The maximum absolute atomic E-state index is 13.5. The molecule has 0 saturated heterocycles. The molecule has 2 aromatic carbocycles. The van der Waals surface area contributed by atoms with Crippen molar-refractivity contribution in [1.29, 1.82) is 0 Å². The lowest BCUT2D eigenvalue weighted by molar-refractivity contribution is -0.157. The second-order valence-corrected chi connectivity index (χ2v) is 8.73. The smallest absolute Gasteiger partial charge is 0.344 e. The van der Waals surface area contributed by atoms with Gasteiger partial charge in [0, 0.05) is 22.5 Å². The molecular weight excluding hydrogens is 466 g/mol. The normalized spacial score (nSPS) is 11.1. The van der Waals surface area contributed by atoms with Gasteiger partial charge in [-0.1, -0.05) is 12.1 Å². The maximum atomic E-state index is 13.5. The van der Waals surface area contributed by atoms with E-state index in [9.17, 15) is 14.4 Å². The molecule has 36 heavy (non-hydrogen) atoms. The van der Waals surface area contributed by atoms with Crippen LogP contribution in [0.3, 0.4) is 0 Å². The fraction of sp³-hybridized carbons (Fsp3) is 0.333. The number of fused-ring (bicyclic) bond motifs is 1. The molecule has 0 atom stereocenters.